The second-order valence-corrected chi connectivity index (χ2v) is 7.10. The lowest BCUT2D eigenvalue weighted by Gasteiger charge is -2.36. The molecule has 1 unspecified atom stereocenters. The Hall–Kier alpha value is -1.76. The molecule has 0 aliphatic heterocycles. The van der Waals surface area contributed by atoms with Crippen molar-refractivity contribution < 1.29 is 4.74 Å². The summed E-state index contributed by atoms with van der Waals surface area (Å²) >= 11 is 0. The molecule has 2 rings (SSSR count). The van der Waals surface area contributed by atoms with E-state index in [9.17, 15) is 0 Å². The number of hydrogen-bond acceptors (Lipinski definition) is 1. The fraction of sp³-hybridized carbons (Fsp3) is 0.429. The SMILES string of the molecule is CC1=CCCC(C)(C)C1/C=C/C(C)=C/Oc1ccc(C)cc1. The van der Waals surface area contributed by atoms with Gasteiger partial charge in [-0.3, -0.25) is 0 Å². The van der Waals surface area contributed by atoms with Gasteiger partial charge in [-0.05, 0) is 56.7 Å². The lowest BCUT2D eigenvalue weighted by Crippen LogP contribution is -2.26. The first-order chi connectivity index (χ1) is 10.4. The van der Waals surface area contributed by atoms with E-state index in [1.165, 1.54) is 24.0 Å². The normalized spacial score (nSPS) is 21.8. The van der Waals surface area contributed by atoms with E-state index in [2.05, 4.69) is 65.0 Å². The van der Waals surface area contributed by atoms with Crippen LogP contribution in [0.5, 0.6) is 5.75 Å². The summed E-state index contributed by atoms with van der Waals surface area (Å²) in [4.78, 5) is 0. The first-order valence-electron chi connectivity index (χ1n) is 8.13. The first kappa shape index (κ1) is 16.6. The Labute approximate surface area is 135 Å². The molecule has 1 aliphatic carbocycles. The zero-order valence-electron chi connectivity index (χ0n) is 14.5. The molecule has 0 fully saturated rings. The van der Waals surface area contributed by atoms with Gasteiger partial charge in [0.2, 0.25) is 0 Å². The lowest BCUT2D eigenvalue weighted by atomic mass is 9.68. The van der Waals surface area contributed by atoms with Crippen molar-refractivity contribution in [3.63, 3.8) is 0 Å². The van der Waals surface area contributed by atoms with Gasteiger partial charge in [0, 0.05) is 5.92 Å². The molecule has 1 aliphatic rings. The maximum atomic E-state index is 5.71. The summed E-state index contributed by atoms with van der Waals surface area (Å²) in [6, 6.07) is 8.13. The molecule has 1 aromatic rings. The molecule has 0 amide bonds. The topological polar surface area (TPSA) is 9.23 Å². The Morgan fingerprint density at radius 2 is 1.86 bits per heavy atom. The predicted octanol–water partition coefficient (Wildman–Crippen LogP) is 6.22. The molecule has 1 nitrogen and oxygen atoms in total. The maximum Gasteiger partial charge on any atom is 0.126 e. The van der Waals surface area contributed by atoms with E-state index in [-0.39, 0.29) is 0 Å². The number of aryl methyl sites for hydroxylation is 1. The molecule has 22 heavy (non-hydrogen) atoms. The van der Waals surface area contributed by atoms with Crippen molar-refractivity contribution >= 4 is 0 Å². The van der Waals surface area contributed by atoms with Crippen molar-refractivity contribution in [3.8, 4) is 5.75 Å². The van der Waals surface area contributed by atoms with Crippen molar-refractivity contribution in [2.24, 2.45) is 11.3 Å². The minimum Gasteiger partial charge on any atom is -0.465 e. The Bertz CT molecular complexity index is 585. The molecule has 1 aromatic carbocycles. The quantitative estimate of drug-likeness (QED) is 0.364. The average Bonchev–Trinajstić information content (AvgIpc) is 2.45. The van der Waals surface area contributed by atoms with E-state index in [4.69, 9.17) is 4.74 Å². The zero-order chi connectivity index (χ0) is 16.2. The standard InChI is InChI=1S/C21H28O/c1-16-8-11-19(12-9-16)22-15-17(2)10-13-20-18(3)7-6-14-21(20,4)5/h7-13,15,20H,6,14H2,1-5H3/b13-10+,17-15+. The summed E-state index contributed by atoms with van der Waals surface area (Å²) in [5.41, 5.74) is 4.21. The third-order valence-electron chi connectivity index (χ3n) is 4.54. The van der Waals surface area contributed by atoms with Crippen LogP contribution >= 0.6 is 0 Å². The molecule has 0 spiro atoms. The van der Waals surface area contributed by atoms with E-state index in [0.717, 1.165) is 11.3 Å². The predicted molar refractivity (Wildman–Crippen MR) is 95.0 cm³/mol. The van der Waals surface area contributed by atoms with Gasteiger partial charge < -0.3 is 4.74 Å². The second-order valence-electron chi connectivity index (χ2n) is 7.10. The number of hydrogen-bond donors (Lipinski definition) is 0. The van der Waals surface area contributed by atoms with Gasteiger partial charge in [0.25, 0.3) is 0 Å². The van der Waals surface area contributed by atoms with Crippen molar-refractivity contribution in [2.45, 2.75) is 47.5 Å². The van der Waals surface area contributed by atoms with Crippen LogP contribution in [-0.2, 0) is 0 Å². The zero-order valence-corrected chi connectivity index (χ0v) is 14.5. The molecule has 0 bridgehead atoms. The summed E-state index contributed by atoms with van der Waals surface area (Å²) in [6.07, 6.45) is 11.2. The molecule has 0 heterocycles. The summed E-state index contributed by atoms with van der Waals surface area (Å²) in [6.45, 7) is 11.1. The highest BCUT2D eigenvalue weighted by Gasteiger charge is 2.30. The third-order valence-corrected chi connectivity index (χ3v) is 4.54. The van der Waals surface area contributed by atoms with E-state index >= 15 is 0 Å². The van der Waals surface area contributed by atoms with Gasteiger partial charge in [0.15, 0.2) is 0 Å². The molecule has 1 heteroatoms. The largest absolute Gasteiger partial charge is 0.465 e. The monoisotopic (exact) mass is 296 g/mol. The Morgan fingerprint density at radius 1 is 1.18 bits per heavy atom. The van der Waals surface area contributed by atoms with Gasteiger partial charge in [0.05, 0.1) is 6.26 Å². The van der Waals surface area contributed by atoms with E-state index in [0.29, 0.717) is 11.3 Å². The molecular formula is C21H28O. The number of benzene rings is 1. The highest BCUT2D eigenvalue weighted by atomic mass is 16.5. The van der Waals surface area contributed by atoms with Crippen LogP contribution < -0.4 is 4.74 Å². The van der Waals surface area contributed by atoms with Crippen molar-refractivity contribution in [2.75, 3.05) is 0 Å². The maximum absolute atomic E-state index is 5.71. The fourth-order valence-electron chi connectivity index (χ4n) is 3.05. The molecule has 0 saturated carbocycles. The average molecular weight is 296 g/mol. The van der Waals surface area contributed by atoms with Crippen LogP contribution in [0.4, 0.5) is 0 Å². The van der Waals surface area contributed by atoms with E-state index < -0.39 is 0 Å². The van der Waals surface area contributed by atoms with Crippen LogP contribution in [0.25, 0.3) is 0 Å². The summed E-state index contributed by atoms with van der Waals surface area (Å²) in [7, 11) is 0. The number of allylic oxidation sites excluding steroid dienone is 5. The van der Waals surface area contributed by atoms with Crippen molar-refractivity contribution in [1.82, 2.24) is 0 Å². The summed E-state index contributed by atoms with van der Waals surface area (Å²) < 4.78 is 5.71. The molecule has 0 saturated heterocycles. The molecule has 0 aromatic heterocycles. The van der Waals surface area contributed by atoms with Gasteiger partial charge in [0.1, 0.15) is 5.75 Å². The van der Waals surface area contributed by atoms with Gasteiger partial charge in [-0.2, -0.15) is 0 Å². The van der Waals surface area contributed by atoms with Gasteiger partial charge in [-0.15, -0.1) is 0 Å². The second kappa shape index (κ2) is 7.00. The minimum absolute atomic E-state index is 0.341. The third kappa shape index (κ3) is 4.37. The van der Waals surface area contributed by atoms with Crippen LogP contribution in [0.2, 0.25) is 0 Å². The Morgan fingerprint density at radius 3 is 2.50 bits per heavy atom. The highest BCUT2D eigenvalue weighted by molar-refractivity contribution is 5.28. The molecule has 0 N–H and O–H groups in total. The number of ether oxygens (including phenoxy) is 1. The molecule has 0 radical (unpaired) electrons. The Kier molecular flexibility index (Phi) is 5.28. The number of rotatable bonds is 4. The van der Waals surface area contributed by atoms with Crippen LogP contribution in [0, 0.1) is 18.3 Å². The van der Waals surface area contributed by atoms with Gasteiger partial charge in [-0.25, -0.2) is 0 Å². The van der Waals surface area contributed by atoms with Crippen LogP contribution in [0.15, 0.2) is 59.9 Å². The van der Waals surface area contributed by atoms with Crippen molar-refractivity contribution in [1.29, 1.82) is 0 Å². The van der Waals surface area contributed by atoms with Gasteiger partial charge in [-0.1, -0.05) is 55.3 Å². The van der Waals surface area contributed by atoms with E-state index in [1.807, 2.05) is 18.4 Å². The van der Waals surface area contributed by atoms with E-state index in [1.54, 1.807) is 0 Å². The minimum atomic E-state index is 0.341. The Balaban J connectivity index is 2.02. The molecule has 118 valence electrons. The van der Waals surface area contributed by atoms with Crippen molar-refractivity contribution in [3.05, 3.63) is 65.5 Å². The van der Waals surface area contributed by atoms with Crippen LogP contribution in [-0.4, -0.2) is 0 Å². The summed E-state index contributed by atoms with van der Waals surface area (Å²) in [5, 5.41) is 0. The highest BCUT2D eigenvalue weighted by Crippen LogP contribution is 2.41. The lowest BCUT2D eigenvalue weighted by molar-refractivity contribution is 0.255. The molecular weight excluding hydrogens is 268 g/mol. The molecule has 1 atom stereocenters. The fourth-order valence-corrected chi connectivity index (χ4v) is 3.05. The van der Waals surface area contributed by atoms with Gasteiger partial charge >= 0.3 is 0 Å². The summed E-state index contributed by atoms with van der Waals surface area (Å²) in [5.74, 6) is 1.40. The van der Waals surface area contributed by atoms with Crippen LogP contribution in [0.3, 0.4) is 0 Å². The first-order valence-corrected chi connectivity index (χ1v) is 8.13. The smallest absolute Gasteiger partial charge is 0.126 e. The van der Waals surface area contributed by atoms with Crippen LogP contribution in [0.1, 0.15) is 46.1 Å².